The molecule has 0 bridgehead atoms. The van der Waals surface area contributed by atoms with Crippen molar-refractivity contribution >= 4 is 33.8 Å². The number of hydrogen-bond donors (Lipinski definition) is 0. The zero-order valence-corrected chi connectivity index (χ0v) is 8.44. The highest BCUT2D eigenvalue weighted by Gasteiger charge is 2.17. The lowest BCUT2D eigenvalue weighted by Crippen LogP contribution is -1.95. The maximum Gasteiger partial charge on any atom is 0.266 e. The Morgan fingerprint density at radius 1 is 1.62 bits per heavy atom. The Labute approximate surface area is 86.0 Å². The number of nitrogens with zero attached hydrogens (tertiary/aromatic N) is 1. The van der Waals surface area contributed by atoms with Crippen LogP contribution in [0, 0.1) is 0 Å². The van der Waals surface area contributed by atoms with Gasteiger partial charge < -0.3 is 0 Å². The van der Waals surface area contributed by atoms with Crippen molar-refractivity contribution in [3.05, 3.63) is 26.9 Å². The van der Waals surface area contributed by atoms with E-state index in [-0.39, 0.29) is 15.2 Å². The average molecular weight is 270 g/mol. The van der Waals surface area contributed by atoms with Crippen molar-refractivity contribution in [2.24, 2.45) is 0 Å². The first-order chi connectivity index (χ1) is 6.07. The number of pyridine rings is 1. The maximum atomic E-state index is 12.2. The quantitative estimate of drug-likeness (QED) is 0.610. The molecular formula is C7H3BrClF2NO. The Morgan fingerprint density at radius 3 is 2.69 bits per heavy atom. The first-order valence-electron chi connectivity index (χ1n) is 3.15. The highest BCUT2D eigenvalue weighted by molar-refractivity contribution is 9.10. The van der Waals surface area contributed by atoms with Gasteiger partial charge in [-0.05, 0) is 15.9 Å². The van der Waals surface area contributed by atoms with Gasteiger partial charge in [0.25, 0.3) is 6.43 Å². The minimum Gasteiger partial charge on any atom is -0.298 e. The van der Waals surface area contributed by atoms with Gasteiger partial charge in [-0.1, -0.05) is 11.6 Å². The maximum absolute atomic E-state index is 12.2. The molecule has 0 unspecified atom stereocenters. The summed E-state index contributed by atoms with van der Waals surface area (Å²) in [6.07, 6.45) is -1.41. The topological polar surface area (TPSA) is 30.0 Å². The summed E-state index contributed by atoms with van der Waals surface area (Å²) in [6, 6.07) is 0. The molecule has 0 radical (unpaired) electrons. The normalized spacial score (nSPS) is 10.5. The Morgan fingerprint density at radius 2 is 2.23 bits per heavy atom. The second-order valence-electron chi connectivity index (χ2n) is 2.15. The van der Waals surface area contributed by atoms with Gasteiger partial charge in [0.15, 0.2) is 6.29 Å². The number of hydrogen-bond acceptors (Lipinski definition) is 2. The Kier molecular flexibility index (Phi) is 3.33. The van der Waals surface area contributed by atoms with Crippen LogP contribution in [-0.2, 0) is 0 Å². The van der Waals surface area contributed by atoms with Crippen LogP contribution in [-0.4, -0.2) is 11.3 Å². The fraction of sp³-hybridized carbons (Fsp3) is 0.143. The van der Waals surface area contributed by atoms with E-state index in [9.17, 15) is 13.6 Å². The third-order valence-corrected chi connectivity index (χ3v) is 2.44. The summed E-state index contributed by atoms with van der Waals surface area (Å²) in [5.41, 5.74) is -0.494. The minimum absolute atomic E-state index is 0.0560. The number of carbonyl (C=O) groups excluding carboxylic acids is 1. The number of carbonyl (C=O) groups is 1. The molecule has 2 nitrogen and oxygen atoms in total. The molecule has 0 aliphatic carbocycles. The minimum atomic E-state index is -2.73. The van der Waals surface area contributed by atoms with Crippen LogP contribution in [0.4, 0.5) is 8.78 Å². The number of rotatable bonds is 2. The van der Waals surface area contributed by atoms with Gasteiger partial charge in [0, 0.05) is 6.20 Å². The van der Waals surface area contributed by atoms with Crippen LogP contribution < -0.4 is 0 Å². The third kappa shape index (κ3) is 2.03. The van der Waals surface area contributed by atoms with Gasteiger partial charge in [-0.25, -0.2) is 13.8 Å². The molecule has 6 heteroatoms. The van der Waals surface area contributed by atoms with Gasteiger partial charge in [0.05, 0.1) is 16.1 Å². The zero-order valence-electron chi connectivity index (χ0n) is 6.10. The molecule has 0 amide bonds. The molecule has 1 heterocycles. The Balaban J connectivity index is 3.35. The molecule has 0 saturated carbocycles. The fourth-order valence-corrected chi connectivity index (χ4v) is 1.52. The van der Waals surface area contributed by atoms with Gasteiger partial charge >= 0.3 is 0 Å². The highest BCUT2D eigenvalue weighted by Crippen LogP contribution is 2.31. The molecule has 1 aromatic rings. The molecule has 0 N–H and O–H groups in total. The van der Waals surface area contributed by atoms with Gasteiger partial charge in [-0.3, -0.25) is 4.79 Å². The first kappa shape index (κ1) is 10.5. The molecule has 0 fully saturated rings. The summed E-state index contributed by atoms with van der Waals surface area (Å²) in [5.74, 6) is 0. The van der Waals surface area contributed by atoms with Gasteiger partial charge in [0.2, 0.25) is 0 Å². The largest absolute Gasteiger partial charge is 0.298 e. The van der Waals surface area contributed by atoms with Gasteiger partial charge in [-0.15, -0.1) is 0 Å². The van der Waals surface area contributed by atoms with Crippen LogP contribution in [0.15, 0.2) is 10.8 Å². The van der Waals surface area contributed by atoms with Crippen LogP contribution in [0.2, 0.25) is 5.02 Å². The summed E-state index contributed by atoms with van der Waals surface area (Å²) < 4.78 is 24.6. The molecule has 1 rings (SSSR count). The van der Waals surface area contributed by atoms with Crippen molar-refractivity contribution in [3.63, 3.8) is 0 Å². The predicted molar refractivity (Wildman–Crippen MR) is 47.3 cm³/mol. The molecule has 1 aromatic heterocycles. The zero-order chi connectivity index (χ0) is 10.0. The summed E-state index contributed by atoms with van der Waals surface area (Å²) >= 11 is 8.45. The van der Waals surface area contributed by atoms with Crippen LogP contribution >= 0.6 is 27.5 Å². The Bertz CT molecular complexity index is 346. The molecule has 0 aromatic carbocycles. The standard InChI is InChI=1S/C7H3BrClF2NO/c8-6-4(2-13)5(9)3(1-12-6)7(10)11/h1-2,7H. The second kappa shape index (κ2) is 4.11. The predicted octanol–water partition coefficient (Wildman–Crippen LogP) is 3.25. The van der Waals surface area contributed by atoms with E-state index in [0.29, 0.717) is 6.29 Å². The van der Waals surface area contributed by atoms with E-state index >= 15 is 0 Å². The van der Waals surface area contributed by atoms with Crippen molar-refractivity contribution in [2.75, 3.05) is 0 Å². The Hall–Kier alpha value is -0.550. The molecule has 13 heavy (non-hydrogen) atoms. The van der Waals surface area contributed by atoms with E-state index < -0.39 is 12.0 Å². The summed E-state index contributed by atoms with van der Waals surface area (Å²) in [6.45, 7) is 0. The molecule has 0 saturated heterocycles. The van der Waals surface area contributed by atoms with E-state index in [1.54, 1.807) is 0 Å². The summed E-state index contributed by atoms with van der Waals surface area (Å²) in [4.78, 5) is 14.0. The summed E-state index contributed by atoms with van der Waals surface area (Å²) in [7, 11) is 0. The van der Waals surface area contributed by atoms with Crippen molar-refractivity contribution in [2.45, 2.75) is 6.43 Å². The van der Waals surface area contributed by atoms with E-state index in [0.717, 1.165) is 6.20 Å². The van der Waals surface area contributed by atoms with Crippen molar-refractivity contribution in [3.8, 4) is 0 Å². The van der Waals surface area contributed by atoms with Crippen LogP contribution in [0.25, 0.3) is 0 Å². The summed E-state index contributed by atoms with van der Waals surface area (Å²) in [5, 5.41) is -0.258. The van der Waals surface area contributed by atoms with Crippen LogP contribution in [0.3, 0.4) is 0 Å². The van der Waals surface area contributed by atoms with E-state index in [4.69, 9.17) is 11.6 Å². The molecule has 0 aliphatic rings. The molecule has 0 atom stereocenters. The molecule has 0 spiro atoms. The average Bonchev–Trinajstić information content (AvgIpc) is 2.04. The van der Waals surface area contributed by atoms with E-state index in [1.165, 1.54) is 0 Å². The smallest absolute Gasteiger partial charge is 0.266 e. The fourth-order valence-electron chi connectivity index (χ4n) is 0.751. The lowest BCUT2D eigenvalue weighted by Gasteiger charge is -2.05. The van der Waals surface area contributed by atoms with E-state index in [2.05, 4.69) is 20.9 Å². The second-order valence-corrected chi connectivity index (χ2v) is 3.28. The third-order valence-electron chi connectivity index (χ3n) is 1.38. The number of halogens is 4. The van der Waals surface area contributed by atoms with Crippen molar-refractivity contribution < 1.29 is 13.6 Å². The van der Waals surface area contributed by atoms with Gasteiger partial charge in [-0.2, -0.15) is 0 Å². The number of aldehydes is 1. The lowest BCUT2D eigenvalue weighted by molar-refractivity contribution is 0.112. The number of alkyl halides is 2. The van der Waals surface area contributed by atoms with Crippen molar-refractivity contribution in [1.82, 2.24) is 4.98 Å². The first-order valence-corrected chi connectivity index (χ1v) is 4.32. The number of aromatic nitrogens is 1. The highest BCUT2D eigenvalue weighted by atomic mass is 79.9. The van der Waals surface area contributed by atoms with Crippen molar-refractivity contribution in [1.29, 1.82) is 0 Å². The van der Waals surface area contributed by atoms with E-state index in [1.807, 2.05) is 0 Å². The van der Waals surface area contributed by atoms with Gasteiger partial charge in [0.1, 0.15) is 4.60 Å². The molecular weight excluding hydrogens is 267 g/mol. The van der Waals surface area contributed by atoms with Crippen LogP contribution in [0.5, 0.6) is 0 Å². The molecule has 0 aliphatic heterocycles. The lowest BCUT2D eigenvalue weighted by atomic mass is 10.2. The molecule has 70 valence electrons. The van der Waals surface area contributed by atoms with Crippen LogP contribution in [0.1, 0.15) is 22.3 Å². The SMILES string of the molecule is O=Cc1c(Br)ncc(C(F)F)c1Cl. The monoisotopic (exact) mass is 269 g/mol.